The van der Waals surface area contributed by atoms with E-state index >= 15 is 0 Å². The summed E-state index contributed by atoms with van der Waals surface area (Å²) in [5.41, 5.74) is 6.47. The zero-order chi connectivity index (χ0) is 13.5. The molecule has 0 radical (unpaired) electrons. The fraction of sp³-hybridized carbons (Fsp3) is 0.364. The molecule has 0 aliphatic rings. The Morgan fingerprint density at radius 3 is 2.94 bits per heavy atom. The Balaban J connectivity index is 2.41. The normalized spacial score (nSPS) is 11.2. The van der Waals surface area contributed by atoms with Gasteiger partial charge in [-0.05, 0) is 24.4 Å². The molecule has 5 nitrogen and oxygen atoms in total. The van der Waals surface area contributed by atoms with Crippen LogP contribution < -0.4 is 11.1 Å². The lowest BCUT2D eigenvalue weighted by Crippen LogP contribution is -2.33. The van der Waals surface area contributed by atoms with Crippen LogP contribution in [-0.2, 0) is 6.42 Å². The van der Waals surface area contributed by atoms with E-state index in [1.807, 2.05) is 6.07 Å². The van der Waals surface area contributed by atoms with E-state index in [1.54, 1.807) is 31.3 Å². The molecule has 1 rings (SSSR count). The van der Waals surface area contributed by atoms with E-state index < -0.39 is 0 Å². The number of aliphatic imine (C=N–C) groups is 1. The molecule has 1 heterocycles. The first-order chi connectivity index (χ1) is 8.50. The molecule has 1 aromatic rings. The van der Waals surface area contributed by atoms with Crippen molar-refractivity contribution in [2.75, 3.05) is 20.6 Å². The van der Waals surface area contributed by atoms with Crippen molar-refractivity contribution < 1.29 is 0 Å². The summed E-state index contributed by atoms with van der Waals surface area (Å²) in [5.74, 6) is 0.364. The second-order valence-electron chi connectivity index (χ2n) is 3.78. The molecule has 18 heavy (non-hydrogen) atoms. The zero-order valence-corrected chi connectivity index (χ0v) is 11.9. The molecule has 3 N–H and O–H groups in total. The van der Waals surface area contributed by atoms with Crippen molar-refractivity contribution in [1.29, 1.82) is 0 Å². The highest BCUT2D eigenvalue weighted by Gasteiger charge is 2.01. The lowest BCUT2D eigenvalue weighted by molar-refractivity contribution is 0.615. The van der Waals surface area contributed by atoms with E-state index in [9.17, 15) is 0 Å². The molecular weight excluding hydrogens is 270 g/mol. The minimum absolute atomic E-state index is 0.355. The van der Waals surface area contributed by atoms with Gasteiger partial charge < -0.3 is 16.0 Å². The summed E-state index contributed by atoms with van der Waals surface area (Å²) < 4.78 is 0. The minimum atomic E-state index is 0.355. The number of nitrogens with zero attached hydrogens (tertiary/aromatic N) is 3. The molecule has 0 saturated heterocycles. The SMILES string of the molecule is CN(C)/C(N)=N/C(=S)NCCc1ncccc1Cl. The summed E-state index contributed by atoms with van der Waals surface area (Å²) in [6, 6.07) is 3.61. The Bertz CT molecular complexity index is 447. The molecule has 0 aliphatic heterocycles. The Labute approximate surface area is 117 Å². The number of thiocarbonyl (C=S) groups is 1. The summed E-state index contributed by atoms with van der Waals surface area (Å²) in [4.78, 5) is 9.88. The van der Waals surface area contributed by atoms with Gasteiger partial charge in [-0.3, -0.25) is 4.98 Å². The van der Waals surface area contributed by atoms with Crippen LogP contribution in [0.4, 0.5) is 0 Å². The Morgan fingerprint density at radius 1 is 1.61 bits per heavy atom. The van der Waals surface area contributed by atoms with Gasteiger partial charge in [-0.1, -0.05) is 11.6 Å². The van der Waals surface area contributed by atoms with Gasteiger partial charge in [-0.15, -0.1) is 0 Å². The summed E-state index contributed by atoms with van der Waals surface area (Å²) in [6.07, 6.45) is 2.39. The Hall–Kier alpha value is -1.40. The van der Waals surface area contributed by atoms with Crippen LogP contribution in [0, 0.1) is 0 Å². The van der Waals surface area contributed by atoms with E-state index in [-0.39, 0.29) is 0 Å². The highest BCUT2D eigenvalue weighted by Crippen LogP contribution is 2.11. The lowest BCUT2D eigenvalue weighted by Gasteiger charge is -2.11. The molecule has 7 heteroatoms. The molecule has 0 bridgehead atoms. The third kappa shape index (κ3) is 4.85. The monoisotopic (exact) mass is 285 g/mol. The van der Waals surface area contributed by atoms with E-state index in [0.29, 0.717) is 29.1 Å². The van der Waals surface area contributed by atoms with Crippen molar-refractivity contribution in [3.8, 4) is 0 Å². The van der Waals surface area contributed by atoms with Crippen molar-refractivity contribution in [3.63, 3.8) is 0 Å². The van der Waals surface area contributed by atoms with Crippen LogP contribution in [0.5, 0.6) is 0 Å². The van der Waals surface area contributed by atoms with Gasteiger partial charge in [0.2, 0.25) is 0 Å². The maximum atomic E-state index is 5.99. The summed E-state index contributed by atoms with van der Waals surface area (Å²) in [7, 11) is 3.60. The smallest absolute Gasteiger partial charge is 0.198 e. The summed E-state index contributed by atoms with van der Waals surface area (Å²) >= 11 is 11.0. The number of nitrogens with two attached hydrogens (primary N) is 1. The first-order valence-electron chi connectivity index (χ1n) is 5.39. The molecule has 98 valence electrons. The number of halogens is 1. The number of aromatic nitrogens is 1. The van der Waals surface area contributed by atoms with Crippen LogP contribution in [0.2, 0.25) is 5.02 Å². The molecule has 0 aliphatic carbocycles. The highest BCUT2D eigenvalue weighted by molar-refractivity contribution is 7.80. The predicted molar refractivity (Wildman–Crippen MR) is 78.9 cm³/mol. The molecule has 0 amide bonds. The minimum Gasteiger partial charge on any atom is -0.369 e. The lowest BCUT2D eigenvalue weighted by atomic mass is 10.3. The number of pyridine rings is 1. The first kappa shape index (κ1) is 14.7. The van der Waals surface area contributed by atoms with Gasteiger partial charge in [-0.2, -0.15) is 4.99 Å². The third-order valence-electron chi connectivity index (χ3n) is 2.15. The number of rotatable bonds is 3. The summed E-state index contributed by atoms with van der Waals surface area (Å²) in [5, 5.41) is 3.99. The van der Waals surface area contributed by atoms with Crippen LogP contribution in [0.15, 0.2) is 23.3 Å². The fourth-order valence-corrected chi connectivity index (χ4v) is 1.55. The third-order valence-corrected chi connectivity index (χ3v) is 2.73. The maximum Gasteiger partial charge on any atom is 0.198 e. The van der Waals surface area contributed by atoms with Gasteiger partial charge in [0.15, 0.2) is 11.1 Å². The van der Waals surface area contributed by atoms with Gasteiger partial charge in [0.1, 0.15) is 0 Å². The zero-order valence-electron chi connectivity index (χ0n) is 10.4. The summed E-state index contributed by atoms with van der Waals surface area (Å²) in [6.45, 7) is 0.611. The fourth-order valence-electron chi connectivity index (χ4n) is 1.13. The van der Waals surface area contributed by atoms with Crippen molar-refractivity contribution in [1.82, 2.24) is 15.2 Å². The number of guanidine groups is 1. The molecule has 0 spiro atoms. The molecule has 0 atom stereocenters. The number of hydrogen-bond donors (Lipinski definition) is 2. The topological polar surface area (TPSA) is 66.5 Å². The Kier molecular flexibility index (Phi) is 5.80. The largest absolute Gasteiger partial charge is 0.369 e. The molecule has 0 saturated carbocycles. The predicted octanol–water partition coefficient (Wildman–Crippen LogP) is 1.03. The van der Waals surface area contributed by atoms with Gasteiger partial charge >= 0.3 is 0 Å². The number of nitrogens with one attached hydrogen (secondary N) is 1. The highest BCUT2D eigenvalue weighted by atomic mass is 35.5. The van der Waals surface area contributed by atoms with Crippen LogP contribution >= 0.6 is 23.8 Å². The average Bonchev–Trinajstić information content (AvgIpc) is 2.31. The molecule has 0 aromatic carbocycles. The molecule has 1 aromatic heterocycles. The van der Waals surface area contributed by atoms with Crippen molar-refractivity contribution >= 4 is 34.9 Å². The Morgan fingerprint density at radius 2 is 2.33 bits per heavy atom. The van der Waals surface area contributed by atoms with Gasteiger partial charge in [0.05, 0.1) is 10.7 Å². The quantitative estimate of drug-likeness (QED) is 0.493. The van der Waals surface area contributed by atoms with Crippen molar-refractivity contribution in [2.24, 2.45) is 10.7 Å². The van der Waals surface area contributed by atoms with E-state index in [1.165, 1.54) is 0 Å². The molecule has 0 fully saturated rings. The first-order valence-corrected chi connectivity index (χ1v) is 6.18. The van der Waals surface area contributed by atoms with Crippen molar-refractivity contribution in [2.45, 2.75) is 6.42 Å². The molecule has 0 unspecified atom stereocenters. The standard InChI is InChI=1S/C11H16ClN5S/c1-17(2)10(13)16-11(18)15-7-5-9-8(12)4-3-6-14-9/h3-4,6H,5,7H2,1-2H3,(H3,13,15,16,18). The second kappa shape index (κ2) is 7.13. The maximum absolute atomic E-state index is 5.99. The average molecular weight is 286 g/mol. The van der Waals surface area contributed by atoms with Crippen molar-refractivity contribution in [3.05, 3.63) is 29.0 Å². The van der Waals surface area contributed by atoms with Crippen LogP contribution in [-0.4, -0.2) is 41.6 Å². The van der Waals surface area contributed by atoms with Crippen LogP contribution in [0.25, 0.3) is 0 Å². The number of hydrogen-bond acceptors (Lipinski definition) is 2. The van der Waals surface area contributed by atoms with Crippen LogP contribution in [0.3, 0.4) is 0 Å². The van der Waals surface area contributed by atoms with Gasteiger partial charge in [-0.25, -0.2) is 0 Å². The van der Waals surface area contributed by atoms with E-state index in [0.717, 1.165) is 5.69 Å². The van der Waals surface area contributed by atoms with Crippen LogP contribution in [0.1, 0.15) is 5.69 Å². The molecular formula is C11H16ClN5S. The van der Waals surface area contributed by atoms with Gasteiger partial charge in [0.25, 0.3) is 0 Å². The van der Waals surface area contributed by atoms with E-state index in [4.69, 9.17) is 29.6 Å². The van der Waals surface area contributed by atoms with Gasteiger partial charge in [0, 0.05) is 33.3 Å². The van der Waals surface area contributed by atoms with E-state index in [2.05, 4.69) is 15.3 Å². The second-order valence-corrected chi connectivity index (χ2v) is 4.57.